The van der Waals surface area contributed by atoms with E-state index in [2.05, 4.69) is 21.3 Å². The summed E-state index contributed by atoms with van der Waals surface area (Å²) in [6, 6.07) is 9.72. The summed E-state index contributed by atoms with van der Waals surface area (Å²) in [4.78, 5) is 154. The topological polar surface area (TPSA) is 331 Å². The van der Waals surface area contributed by atoms with E-state index in [1.807, 2.05) is 55.7 Å². The summed E-state index contributed by atoms with van der Waals surface area (Å²) < 4.78 is 32.0. The standard InChI is InChI=1S/C60H78F2N8O14S/c1-37(30-48(72)38(2)65-51(75)17-10-7-12-27-69-53(77)21-22-54(69)78)58(82)67-45(33-49(63)73)47(71)16-11-13-28-70(55(79)36-85-29-25-50(74)64-26-24-52(76)66-44(59(83)84)20-23-56(80)81)57(60(3,4)5)46-31-40(42-32-41(61)18-19-43(42)62)35-68(46)34-39-14-8-6-9-15-39/h6,8-9,14-15,18-19,21-22,31-32,35,37-38,44-45,57H,7,10-13,16-17,20,23-30,33-34,36H2,1-5H3,(H2,63,73)(H,64,74)(H,65,75)(H,66,76)(H,67,82)(H,80,81)(H,83,84)/t37-,38-,44-,45-,57-/m0/s1. The van der Waals surface area contributed by atoms with Gasteiger partial charge in [0.2, 0.25) is 35.4 Å². The van der Waals surface area contributed by atoms with Crippen molar-refractivity contribution in [2.75, 3.05) is 31.1 Å². The molecule has 0 radical (unpaired) electrons. The molecule has 8 amide bonds. The van der Waals surface area contributed by atoms with E-state index in [1.165, 1.54) is 26.0 Å². The highest BCUT2D eigenvalue weighted by Crippen LogP contribution is 2.41. The fraction of sp³-hybridized carbons (Fsp3) is 0.500. The van der Waals surface area contributed by atoms with Crippen LogP contribution in [0, 0.1) is 23.0 Å². The molecule has 85 heavy (non-hydrogen) atoms. The van der Waals surface area contributed by atoms with Gasteiger partial charge in [-0.3, -0.25) is 57.6 Å². The molecule has 1 aliphatic heterocycles. The van der Waals surface area contributed by atoms with Gasteiger partial charge < -0.3 is 46.7 Å². The molecular formula is C60H78F2N8O14S. The summed E-state index contributed by atoms with van der Waals surface area (Å²) in [6.45, 7) is 9.08. The van der Waals surface area contributed by atoms with Gasteiger partial charge in [-0.15, -0.1) is 0 Å². The molecule has 0 unspecified atom stereocenters. The van der Waals surface area contributed by atoms with E-state index < -0.39 is 113 Å². The van der Waals surface area contributed by atoms with Gasteiger partial charge in [-0.2, -0.15) is 11.8 Å². The summed E-state index contributed by atoms with van der Waals surface area (Å²) in [5, 5.41) is 28.2. The number of halogens is 2. The molecule has 0 aliphatic carbocycles. The number of aromatic nitrogens is 1. The Kier molecular flexibility index (Phi) is 27.8. The van der Waals surface area contributed by atoms with Crippen LogP contribution in [0.4, 0.5) is 8.78 Å². The molecule has 0 spiro atoms. The monoisotopic (exact) mass is 1200 g/mol. The molecule has 0 bridgehead atoms. The van der Waals surface area contributed by atoms with E-state index in [4.69, 9.17) is 10.8 Å². The quantitative estimate of drug-likeness (QED) is 0.0288. The Morgan fingerprint density at radius 3 is 2.05 bits per heavy atom. The van der Waals surface area contributed by atoms with Gasteiger partial charge in [-0.05, 0) is 74.3 Å². The van der Waals surface area contributed by atoms with Crippen LogP contribution >= 0.6 is 11.8 Å². The number of Topliss-reactive ketones (excluding diaryl/α,β-unsaturated/α-hetero) is 2. The average molecular weight is 1210 g/mol. The van der Waals surface area contributed by atoms with Crippen molar-refractivity contribution in [2.24, 2.45) is 17.1 Å². The summed E-state index contributed by atoms with van der Waals surface area (Å²) in [5.41, 5.74) is 6.58. The highest BCUT2D eigenvalue weighted by molar-refractivity contribution is 7.99. The molecule has 2 aromatic carbocycles. The number of carboxylic acids is 2. The lowest BCUT2D eigenvalue weighted by atomic mass is 9.82. The third kappa shape index (κ3) is 23.5. The van der Waals surface area contributed by atoms with Crippen molar-refractivity contribution in [2.45, 2.75) is 149 Å². The number of primary amides is 1. The van der Waals surface area contributed by atoms with Crippen LogP contribution in [-0.4, -0.2) is 145 Å². The number of thioether (sulfide) groups is 1. The number of nitrogens with two attached hydrogens (primary N) is 1. The Bertz CT molecular complexity index is 2910. The number of ketones is 2. The van der Waals surface area contributed by atoms with Gasteiger partial charge in [-0.25, -0.2) is 13.6 Å². The number of nitrogens with zero attached hydrogens (tertiary/aromatic N) is 3. The second-order valence-corrected chi connectivity index (χ2v) is 23.1. The van der Waals surface area contributed by atoms with Gasteiger partial charge in [0.25, 0.3) is 11.8 Å². The van der Waals surface area contributed by atoms with Crippen LogP contribution in [0.25, 0.3) is 11.1 Å². The maximum Gasteiger partial charge on any atom is 0.326 e. The van der Waals surface area contributed by atoms with E-state index in [0.717, 1.165) is 40.4 Å². The lowest BCUT2D eigenvalue weighted by Gasteiger charge is -2.41. The molecule has 25 heteroatoms. The van der Waals surface area contributed by atoms with E-state index in [-0.39, 0.29) is 112 Å². The average Bonchev–Trinajstić information content (AvgIpc) is 2.76. The first-order valence-electron chi connectivity index (χ1n) is 28.2. The molecule has 4 rings (SSSR count). The Labute approximate surface area is 496 Å². The fourth-order valence-electron chi connectivity index (χ4n) is 9.48. The summed E-state index contributed by atoms with van der Waals surface area (Å²) in [5.74, 6) is -10.3. The Hall–Kier alpha value is -8.09. The van der Waals surface area contributed by atoms with Crippen molar-refractivity contribution in [1.82, 2.24) is 35.6 Å². The third-order valence-corrected chi connectivity index (χ3v) is 14.9. The number of unbranched alkanes of at least 4 members (excludes halogenated alkanes) is 3. The van der Waals surface area contributed by atoms with Crippen LogP contribution in [0.15, 0.2) is 72.9 Å². The number of amides is 8. The van der Waals surface area contributed by atoms with E-state index in [1.54, 1.807) is 17.2 Å². The number of aliphatic carboxylic acids is 2. The second-order valence-electron chi connectivity index (χ2n) is 22.0. The molecule has 462 valence electrons. The molecule has 0 saturated heterocycles. The van der Waals surface area contributed by atoms with Crippen LogP contribution in [-0.2, 0) is 64.1 Å². The molecule has 8 N–H and O–H groups in total. The van der Waals surface area contributed by atoms with Gasteiger partial charge in [0.05, 0.1) is 30.3 Å². The first kappa shape index (κ1) is 69.4. The van der Waals surface area contributed by atoms with Crippen LogP contribution < -0.4 is 27.0 Å². The Morgan fingerprint density at radius 1 is 0.729 bits per heavy atom. The third-order valence-electron chi connectivity index (χ3n) is 13.9. The van der Waals surface area contributed by atoms with Crippen LogP contribution in [0.1, 0.15) is 135 Å². The fourth-order valence-corrected chi connectivity index (χ4v) is 10.3. The molecule has 2 heterocycles. The zero-order valence-corrected chi connectivity index (χ0v) is 49.4. The highest BCUT2D eigenvalue weighted by atomic mass is 32.2. The molecule has 0 saturated carbocycles. The number of carbonyl (C=O) groups excluding carboxylic acids is 10. The van der Waals surface area contributed by atoms with Crippen molar-refractivity contribution in [3.8, 4) is 11.1 Å². The van der Waals surface area contributed by atoms with E-state index in [0.29, 0.717) is 30.5 Å². The molecule has 1 aromatic heterocycles. The number of rotatable bonds is 38. The van der Waals surface area contributed by atoms with Gasteiger partial charge in [0.1, 0.15) is 17.7 Å². The Morgan fingerprint density at radius 2 is 1.40 bits per heavy atom. The zero-order valence-electron chi connectivity index (χ0n) is 48.6. The molecule has 5 atom stereocenters. The molecule has 22 nitrogen and oxygen atoms in total. The van der Waals surface area contributed by atoms with Crippen molar-refractivity contribution in [3.63, 3.8) is 0 Å². The van der Waals surface area contributed by atoms with Crippen LogP contribution in [0.2, 0.25) is 0 Å². The predicted molar refractivity (Wildman–Crippen MR) is 311 cm³/mol. The van der Waals surface area contributed by atoms with Crippen molar-refractivity contribution >= 4 is 82.5 Å². The van der Waals surface area contributed by atoms with E-state index >= 15 is 4.39 Å². The van der Waals surface area contributed by atoms with Crippen LogP contribution in [0.5, 0.6) is 0 Å². The number of hydrogen-bond acceptors (Lipinski definition) is 13. The van der Waals surface area contributed by atoms with Gasteiger partial charge >= 0.3 is 11.9 Å². The summed E-state index contributed by atoms with van der Waals surface area (Å²) in [6.07, 6.45) is 3.82. The number of imide groups is 1. The lowest BCUT2D eigenvalue weighted by molar-refractivity contribution is -0.143. The smallest absolute Gasteiger partial charge is 0.326 e. The van der Waals surface area contributed by atoms with Crippen molar-refractivity contribution < 1.29 is 76.5 Å². The SMILES string of the molecule is C[C@H](NC(=O)CCCCCN1C(=O)C=CC1=O)C(=O)C[C@H](C)C(=O)N[C@@H](CC(N)=O)C(=O)CCCCN(C(=O)CSCCC(=O)NCCC(=O)N[C@@H](CCC(=O)O)C(=O)O)[C@@H](c1cc(-c2cc(F)ccc2F)cn1Cc1ccccc1)C(C)(C)C. The molecule has 1 aliphatic rings. The number of carboxylic acid groups (broad SMARTS) is 2. The highest BCUT2D eigenvalue weighted by Gasteiger charge is 2.38. The largest absolute Gasteiger partial charge is 0.481 e. The number of carbonyl (C=O) groups is 12. The minimum Gasteiger partial charge on any atom is -0.481 e. The molecular weight excluding hydrogens is 1130 g/mol. The van der Waals surface area contributed by atoms with Crippen molar-refractivity contribution in [1.29, 1.82) is 0 Å². The minimum atomic E-state index is -1.43. The maximum atomic E-state index is 15.5. The number of nitrogens with one attached hydrogen (secondary N) is 4. The Balaban J connectivity index is 1.45. The van der Waals surface area contributed by atoms with Gasteiger partial charge in [-0.1, -0.05) is 64.4 Å². The second kappa shape index (κ2) is 34.0. The van der Waals surface area contributed by atoms with Gasteiger partial charge in [0.15, 0.2) is 11.6 Å². The minimum absolute atomic E-state index is 0.00342. The molecule has 0 fully saturated rings. The lowest BCUT2D eigenvalue weighted by Crippen LogP contribution is -2.46. The number of hydrogen-bond donors (Lipinski definition) is 7. The van der Waals surface area contributed by atoms with E-state index in [9.17, 15) is 67.0 Å². The normalized spacial score (nSPS) is 13.9. The van der Waals surface area contributed by atoms with Crippen LogP contribution in [0.3, 0.4) is 0 Å². The summed E-state index contributed by atoms with van der Waals surface area (Å²) in [7, 11) is 0. The van der Waals surface area contributed by atoms with Crippen molar-refractivity contribution in [3.05, 3.63) is 95.8 Å². The van der Waals surface area contributed by atoms with Gasteiger partial charge in [0, 0.05) is 112 Å². The predicted octanol–water partition coefficient (Wildman–Crippen LogP) is 5.15. The number of benzene rings is 2. The summed E-state index contributed by atoms with van der Waals surface area (Å²) >= 11 is 1.15. The maximum absolute atomic E-state index is 15.5. The molecule has 3 aromatic rings. The first-order valence-corrected chi connectivity index (χ1v) is 29.3. The zero-order chi connectivity index (χ0) is 63.0. The first-order chi connectivity index (χ1) is 40.1.